The largest absolute Gasteiger partial charge is 0.358 e. The van der Waals surface area contributed by atoms with E-state index >= 15 is 0 Å². The normalized spacial score (nSPS) is 11.1. The lowest BCUT2D eigenvalue weighted by atomic mass is 9.98. The third kappa shape index (κ3) is 5.65. The number of nitrogens with zero attached hydrogens (tertiary/aromatic N) is 8. The molecular weight excluding hydrogens is 689 g/mol. The number of hydrogen-bond acceptors (Lipinski definition) is 9. The number of anilines is 6. The molecule has 13 heteroatoms. The van der Waals surface area contributed by atoms with Crippen LogP contribution in [0, 0.1) is 20.2 Å². The molecule has 12 nitrogen and oxygen atoms in total. The van der Waals surface area contributed by atoms with Crippen LogP contribution in [0.15, 0.2) is 146 Å². The monoisotopic (exact) mass is 718 g/mol. The zero-order chi connectivity index (χ0) is 36.6. The van der Waals surface area contributed by atoms with Gasteiger partial charge in [-0.3, -0.25) is 30.0 Å². The first-order valence-corrected chi connectivity index (χ1v) is 17.3. The average Bonchev–Trinajstić information content (AvgIpc) is 3.92. The van der Waals surface area contributed by atoms with Crippen LogP contribution in [0.5, 0.6) is 0 Å². The summed E-state index contributed by atoms with van der Waals surface area (Å²) in [5, 5.41) is 26.3. The molecule has 8 rings (SSSR count). The lowest BCUT2D eigenvalue weighted by Gasteiger charge is -2.26. The van der Waals surface area contributed by atoms with Crippen LogP contribution in [0.2, 0.25) is 0 Å². The van der Waals surface area contributed by atoms with E-state index < -0.39 is 21.2 Å². The van der Waals surface area contributed by atoms with E-state index in [0.717, 1.165) is 34.5 Å². The van der Waals surface area contributed by atoms with E-state index in [-0.39, 0.29) is 22.2 Å². The number of benzene rings is 5. The highest BCUT2D eigenvalue weighted by Gasteiger charge is 2.41. The Morgan fingerprint density at radius 1 is 0.491 bits per heavy atom. The standard InChI is InChI=1S/C40H30N8O4S/c1-43-31(23-25-33(43)45(27-15-7-3-8-16-27)28-17-9-4-10-18-28)35-37-38(42-53-41-37)36(40(48(51)52)39(35)47(49)50)32-24-26-34(44(32)2)46(29-19-11-5-12-20-29)30-21-13-6-14-22-30/h3-26H,1-2H3. The Bertz CT molecular complexity index is 2350. The zero-order valence-corrected chi connectivity index (χ0v) is 29.3. The van der Waals surface area contributed by atoms with Gasteiger partial charge in [-0.1, -0.05) is 72.8 Å². The summed E-state index contributed by atoms with van der Waals surface area (Å²) in [6, 6.07) is 46.0. The molecule has 0 saturated carbocycles. The number of fused-ring (bicyclic) bond motifs is 1. The number of nitro groups is 2. The molecule has 0 aliphatic rings. The summed E-state index contributed by atoms with van der Waals surface area (Å²) in [4.78, 5) is 29.0. The minimum Gasteiger partial charge on any atom is -0.330 e. The van der Waals surface area contributed by atoms with Gasteiger partial charge in [-0.25, -0.2) is 0 Å². The van der Waals surface area contributed by atoms with E-state index in [0.29, 0.717) is 23.0 Å². The van der Waals surface area contributed by atoms with Crippen molar-refractivity contribution in [1.29, 1.82) is 0 Å². The van der Waals surface area contributed by atoms with Crippen LogP contribution in [-0.4, -0.2) is 27.7 Å². The Labute approximate surface area is 307 Å². The highest BCUT2D eigenvalue weighted by molar-refractivity contribution is 7.00. The van der Waals surface area contributed by atoms with E-state index in [1.54, 1.807) is 35.4 Å². The van der Waals surface area contributed by atoms with Crippen LogP contribution < -0.4 is 9.80 Å². The van der Waals surface area contributed by atoms with Gasteiger partial charge >= 0.3 is 11.4 Å². The lowest BCUT2D eigenvalue weighted by Crippen LogP contribution is -2.14. The summed E-state index contributed by atoms with van der Waals surface area (Å²) >= 11 is 0.852. The fourth-order valence-corrected chi connectivity index (χ4v) is 7.47. The molecule has 8 aromatic rings. The summed E-state index contributed by atoms with van der Waals surface area (Å²) in [5.74, 6) is 1.37. The average molecular weight is 719 g/mol. The molecule has 260 valence electrons. The van der Waals surface area contributed by atoms with Gasteiger partial charge in [0.1, 0.15) is 33.8 Å². The van der Waals surface area contributed by atoms with E-state index in [1.165, 1.54) is 0 Å². The Balaban J connectivity index is 1.36. The van der Waals surface area contributed by atoms with Gasteiger partial charge in [-0.2, -0.15) is 8.75 Å². The molecular formula is C40H30N8O4S. The third-order valence-electron chi connectivity index (χ3n) is 9.24. The number of nitro benzene ring substituents is 2. The van der Waals surface area contributed by atoms with E-state index in [1.807, 2.05) is 143 Å². The van der Waals surface area contributed by atoms with Crippen LogP contribution >= 0.6 is 11.7 Å². The minimum absolute atomic E-state index is 0.0219. The summed E-state index contributed by atoms with van der Waals surface area (Å²) in [6.07, 6.45) is 0. The van der Waals surface area contributed by atoms with Gasteiger partial charge in [0.2, 0.25) is 0 Å². The van der Waals surface area contributed by atoms with Gasteiger partial charge in [0.05, 0.1) is 33.0 Å². The molecule has 53 heavy (non-hydrogen) atoms. The molecule has 3 heterocycles. The van der Waals surface area contributed by atoms with Crippen molar-refractivity contribution in [3.05, 3.63) is 166 Å². The molecule has 0 aliphatic carbocycles. The summed E-state index contributed by atoms with van der Waals surface area (Å²) in [7, 11) is 3.56. The van der Waals surface area contributed by atoms with Gasteiger partial charge in [-0.15, -0.1) is 0 Å². The smallest absolute Gasteiger partial charge is 0.330 e. The molecule has 0 unspecified atom stereocenters. The van der Waals surface area contributed by atoms with Crippen molar-refractivity contribution in [2.45, 2.75) is 0 Å². The Kier molecular flexibility index (Phi) is 8.44. The molecule has 5 aromatic carbocycles. The minimum atomic E-state index is -0.682. The molecule has 0 N–H and O–H groups in total. The molecule has 0 atom stereocenters. The zero-order valence-electron chi connectivity index (χ0n) is 28.5. The van der Waals surface area contributed by atoms with Crippen molar-refractivity contribution in [2.75, 3.05) is 9.80 Å². The second-order valence-corrected chi connectivity index (χ2v) is 12.7. The first-order chi connectivity index (χ1) is 25.8. The Morgan fingerprint density at radius 3 is 1.08 bits per heavy atom. The maximum atomic E-state index is 13.2. The first-order valence-electron chi connectivity index (χ1n) is 16.6. The summed E-state index contributed by atoms with van der Waals surface area (Å²) in [6.45, 7) is 0. The molecule has 0 spiro atoms. The van der Waals surface area contributed by atoms with E-state index in [9.17, 15) is 20.2 Å². The summed E-state index contributed by atoms with van der Waals surface area (Å²) < 4.78 is 12.7. The second kappa shape index (κ2) is 13.5. The molecule has 3 aromatic heterocycles. The predicted octanol–water partition coefficient (Wildman–Crippen LogP) is 10.5. The van der Waals surface area contributed by atoms with Gasteiger partial charge < -0.3 is 9.13 Å². The molecule has 0 saturated heterocycles. The van der Waals surface area contributed by atoms with Gasteiger partial charge in [0.15, 0.2) is 0 Å². The van der Waals surface area contributed by atoms with Crippen LogP contribution in [0.25, 0.3) is 33.5 Å². The number of hydrogen-bond donors (Lipinski definition) is 0. The predicted molar refractivity (Wildman–Crippen MR) is 209 cm³/mol. The SMILES string of the molecule is Cn1c(-c2c([N+](=O)[O-])c([N+](=O)[O-])c(-c3ccc(N(c4ccccc4)c4ccccc4)n3C)c3nsnc23)ccc1N(c1ccccc1)c1ccccc1. The van der Waals surface area contributed by atoms with Gasteiger partial charge in [0.25, 0.3) is 0 Å². The van der Waals surface area contributed by atoms with Crippen LogP contribution in [0.4, 0.5) is 45.8 Å². The fraction of sp³-hybridized carbons (Fsp3) is 0.0500. The Hall–Kier alpha value is -7.12. The lowest BCUT2D eigenvalue weighted by molar-refractivity contribution is -0.421. The number of rotatable bonds is 10. The number of aromatic nitrogens is 4. The molecule has 0 fully saturated rings. The topological polar surface area (TPSA) is 128 Å². The van der Waals surface area contributed by atoms with Crippen LogP contribution in [0.3, 0.4) is 0 Å². The fourth-order valence-electron chi connectivity index (χ4n) is 6.91. The quantitative estimate of drug-likeness (QED) is 0.101. The van der Waals surface area contributed by atoms with Crippen molar-refractivity contribution >= 4 is 68.5 Å². The van der Waals surface area contributed by atoms with Crippen LogP contribution in [0.1, 0.15) is 0 Å². The van der Waals surface area contributed by atoms with Crippen molar-refractivity contribution in [2.24, 2.45) is 14.1 Å². The molecule has 0 radical (unpaired) electrons. The van der Waals surface area contributed by atoms with Crippen LogP contribution in [-0.2, 0) is 14.1 Å². The highest BCUT2D eigenvalue weighted by atomic mass is 32.1. The van der Waals surface area contributed by atoms with Gasteiger partial charge in [0, 0.05) is 36.8 Å². The van der Waals surface area contributed by atoms with E-state index in [4.69, 9.17) is 0 Å². The first kappa shape index (κ1) is 33.0. The summed E-state index contributed by atoms with van der Waals surface area (Å²) in [5.41, 5.74) is 3.34. The third-order valence-corrected chi connectivity index (χ3v) is 9.77. The molecule has 0 bridgehead atoms. The van der Waals surface area contributed by atoms with Crippen molar-refractivity contribution in [3.8, 4) is 22.5 Å². The van der Waals surface area contributed by atoms with Crippen molar-refractivity contribution in [3.63, 3.8) is 0 Å². The highest BCUT2D eigenvalue weighted by Crippen LogP contribution is 2.51. The maximum Gasteiger partial charge on any atom is 0.358 e. The van der Waals surface area contributed by atoms with Crippen molar-refractivity contribution in [1.82, 2.24) is 17.9 Å². The van der Waals surface area contributed by atoms with Crippen molar-refractivity contribution < 1.29 is 9.85 Å². The van der Waals surface area contributed by atoms with E-state index in [2.05, 4.69) is 8.75 Å². The van der Waals surface area contributed by atoms with Gasteiger partial charge in [-0.05, 0) is 72.8 Å². The Morgan fingerprint density at radius 2 is 0.792 bits per heavy atom. The molecule has 0 aliphatic heterocycles. The number of para-hydroxylation sites is 4. The maximum absolute atomic E-state index is 13.2. The molecule has 0 amide bonds. The second-order valence-electron chi connectivity index (χ2n) is 12.2.